The van der Waals surface area contributed by atoms with Gasteiger partial charge in [0.05, 0.1) is 4.90 Å². The summed E-state index contributed by atoms with van der Waals surface area (Å²) in [6.45, 7) is 8.49. The van der Waals surface area contributed by atoms with Crippen LogP contribution >= 0.6 is 0 Å². The molecule has 6 nitrogen and oxygen atoms in total. The normalized spacial score (nSPS) is 12.0. The van der Waals surface area contributed by atoms with E-state index in [0.29, 0.717) is 36.2 Å². The number of sulfonamides is 1. The van der Waals surface area contributed by atoms with Crippen LogP contribution in [0.25, 0.3) is 11.0 Å². The Labute approximate surface area is 136 Å². The Morgan fingerprint density at radius 1 is 1.22 bits per heavy atom. The molecule has 0 saturated heterocycles. The quantitative estimate of drug-likeness (QED) is 0.878. The molecule has 2 aromatic rings. The van der Waals surface area contributed by atoms with Crippen LogP contribution in [0.4, 0.5) is 0 Å². The van der Waals surface area contributed by atoms with Gasteiger partial charge in [0.1, 0.15) is 5.58 Å². The zero-order chi connectivity index (χ0) is 17.2. The molecule has 7 heteroatoms. The fourth-order valence-corrected chi connectivity index (χ4v) is 4.02. The summed E-state index contributed by atoms with van der Waals surface area (Å²) < 4.78 is 32.2. The Hall–Kier alpha value is -1.86. The van der Waals surface area contributed by atoms with E-state index in [1.807, 2.05) is 6.92 Å². The second-order valence-corrected chi connectivity index (χ2v) is 7.10. The van der Waals surface area contributed by atoms with E-state index in [1.54, 1.807) is 32.9 Å². The van der Waals surface area contributed by atoms with Crippen molar-refractivity contribution in [2.75, 3.05) is 19.6 Å². The molecule has 1 N–H and O–H groups in total. The number of hydrogen-bond donors (Lipinski definition) is 1. The fourth-order valence-electron chi connectivity index (χ4n) is 2.53. The zero-order valence-corrected chi connectivity index (χ0v) is 14.7. The van der Waals surface area contributed by atoms with Gasteiger partial charge in [0.2, 0.25) is 10.0 Å². The number of carbonyl (C=O) groups is 1. The van der Waals surface area contributed by atoms with Crippen molar-refractivity contribution in [1.29, 1.82) is 0 Å². The number of nitrogens with one attached hydrogen (secondary N) is 1. The van der Waals surface area contributed by atoms with Gasteiger partial charge in [-0.25, -0.2) is 8.42 Å². The van der Waals surface area contributed by atoms with Crippen LogP contribution in [0.15, 0.2) is 27.5 Å². The van der Waals surface area contributed by atoms with E-state index in [2.05, 4.69) is 5.32 Å². The minimum absolute atomic E-state index is 0.208. The lowest BCUT2D eigenvalue weighted by atomic mass is 10.1. The first kappa shape index (κ1) is 17.5. The van der Waals surface area contributed by atoms with Gasteiger partial charge in [0, 0.05) is 30.6 Å². The molecule has 126 valence electrons. The fraction of sp³-hybridized carbons (Fsp3) is 0.438. The first-order valence-electron chi connectivity index (χ1n) is 7.68. The van der Waals surface area contributed by atoms with Crippen molar-refractivity contribution in [2.24, 2.45) is 0 Å². The summed E-state index contributed by atoms with van der Waals surface area (Å²) in [6.07, 6.45) is 0. The van der Waals surface area contributed by atoms with Gasteiger partial charge in [-0.2, -0.15) is 4.31 Å². The van der Waals surface area contributed by atoms with Crippen LogP contribution in [0.2, 0.25) is 0 Å². The van der Waals surface area contributed by atoms with Crippen molar-refractivity contribution >= 4 is 26.9 Å². The van der Waals surface area contributed by atoms with Gasteiger partial charge in [-0.05, 0) is 32.0 Å². The van der Waals surface area contributed by atoms with Gasteiger partial charge < -0.3 is 9.73 Å². The Morgan fingerprint density at radius 2 is 1.87 bits per heavy atom. The first-order chi connectivity index (χ1) is 10.9. The monoisotopic (exact) mass is 338 g/mol. The van der Waals surface area contributed by atoms with E-state index < -0.39 is 10.0 Å². The molecule has 1 aromatic carbocycles. The largest absolute Gasteiger partial charge is 0.451 e. The average molecular weight is 338 g/mol. The lowest BCUT2D eigenvalue weighted by Gasteiger charge is -2.18. The lowest BCUT2D eigenvalue weighted by molar-refractivity contribution is 0.0929. The third-order valence-electron chi connectivity index (χ3n) is 3.79. The van der Waals surface area contributed by atoms with Crippen LogP contribution in [-0.2, 0) is 10.0 Å². The molecule has 1 heterocycles. The molecule has 0 fully saturated rings. The smallest absolute Gasteiger partial charge is 0.287 e. The Bertz CT molecular complexity index is 820. The lowest BCUT2D eigenvalue weighted by Crippen LogP contribution is -2.30. The van der Waals surface area contributed by atoms with Gasteiger partial charge in [-0.1, -0.05) is 13.8 Å². The molecule has 2 rings (SSSR count). The summed E-state index contributed by atoms with van der Waals surface area (Å²) in [6, 6.07) is 4.69. The van der Waals surface area contributed by atoms with Crippen molar-refractivity contribution in [1.82, 2.24) is 9.62 Å². The first-order valence-corrected chi connectivity index (χ1v) is 9.12. The van der Waals surface area contributed by atoms with Crippen molar-refractivity contribution in [3.05, 3.63) is 29.5 Å². The summed E-state index contributed by atoms with van der Waals surface area (Å²) >= 11 is 0. The Kier molecular flexibility index (Phi) is 5.11. The second-order valence-electron chi connectivity index (χ2n) is 5.16. The minimum atomic E-state index is -3.54. The maximum atomic E-state index is 12.6. The summed E-state index contributed by atoms with van der Waals surface area (Å²) in [5.74, 6) is -0.0754. The number of nitrogens with zero attached hydrogens (tertiary/aromatic N) is 1. The molecular formula is C16H22N2O4S. The van der Waals surface area contributed by atoms with Gasteiger partial charge in [0.15, 0.2) is 5.76 Å². The minimum Gasteiger partial charge on any atom is -0.451 e. The number of fused-ring (bicyclic) bond motifs is 1. The maximum Gasteiger partial charge on any atom is 0.287 e. The molecule has 0 spiro atoms. The van der Waals surface area contributed by atoms with Gasteiger partial charge in [0.25, 0.3) is 5.91 Å². The van der Waals surface area contributed by atoms with E-state index in [1.165, 1.54) is 10.4 Å². The molecule has 1 amide bonds. The van der Waals surface area contributed by atoms with Crippen LogP contribution in [-0.4, -0.2) is 38.3 Å². The third-order valence-corrected chi connectivity index (χ3v) is 5.84. The molecule has 0 aliphatic rings. The average Bonchev–Trinajstić information content (AvgIpc) is 2.85. The summed E-state index contributed by atoms with van der Waals surface area (Å²) in [7, 11) is -3.54. The van der Waals surface area contributed by atoms with Crippen molar-refractivity contribution in [3.63, 3.8) is 0 Å². The highest BCUT2D eigenvalue weighted by atomic mass is 32.2. The number of amides is 1. The summed E-state index contributed by atoms with van der Waals surface area (Å²) in [4.78, 5) is 12.2. The maximum absolute atomic E-state index is 12.6. The highest BCUT2D eigenvalue weighted by Crippen LogP contribution is 2.28. The van der Waals surface area contributed by atoms with E-state index in [-0.39, 0.29) is 16.6 Å². The van der Waals surface area contributed by atoms with E-state index >= 15 is 0 Å². The Balaban J connectivity index is 2.55. The number of rotatable bonds is 6. The molecule has 0 radical (unpaired) electrons. The molecule has 0 bridgehead atoms. The molecule has 0 unspecified atom stereocenters. The number of furan rings is 1. The topological polar surface area (TPSA) is 79.6 Å². The number of hydrogen-bond acceptors (Lipinski definition) is 4. The predicted octanol–water partition coefficient (Wildman–Crippen LogP) is 2.52. The Morgan fingerprint density at radius 3 is 2.43 bits per heavy atom. The third kappa shape index (κ3) is 3.11. The van der Waals surface area contributed by atoms with Crippen molar-refractivity contribution in [2.45, 2.75) is 32.6 Å². The summed E-state index contributed by atoms with van der Waals surface area (Å²) in [5.41, 5.74) is 1.14. The number of carbonyl (C=O) groups excluding carboxylic acids is 1. The highest BCUT2D eigenvalue weighted by molar-refractivity contribution is 7.89. The summed E-state index contributed by atoms with van der Waals surface area (Å²) in [5, 5.41) is 3.32. The molecule has 0 saturated carbocycles. The molecule has 23 heavy (non-hydrogen) atoms. The number of benzene rings is 1. The molecule has 1 aromatic heterocycles. The van der Waals surface area contributed by atoms with Crippen LogP contribution in [0.1, 0.15) is 36.9 Å². The van der Waals surface area contributed by atoms with Crippen LogP contribution in [0.3, 0.4) is 0 Å². The molecule has 0 atom stereocenters. The highest BCUT2D eigenvalue weighted by Gasteiger charge is 2.24. The van der Waals surface area contributed by atoms with E-state index in [4.69, 9.17) is 4.42 Å². The standard InChI is InChI=1S/C16H22N2O4S/c1-5-17-16(19)15-11(4)13-10-12(8-9-14(13)22-15)23(20,21)18(6-2)7-3/h8-10H,5-7H2,1-4H3,(H,17,19). The van der Waals surface area contributed by atoms with Gasteiger partial charge >= 0.3 is 0 Å². The van der Waals surface area contributed by atoms with Crippen LogP contribution in [0.5, 0.6) is 0 Å². The van der Waals surface area contributed by atoms with Crippen LogP contribution < -0.4 is 5.32 Å². The van der Waals surface area contributed by atoms with Crippen molar-refractivity contribution < 1.29 is 17.6 Å². The predicted molar refractivity (Wildman–Crippen MR) is 89.1 cm³/mol. The second kappa shape index (κ2) is 6.72. The molecule has 0 aliphatic carbocycles. The van der Waals surface area contributed by atoms with E-state index in [9.17, 15) is 13.2 Å². The van der Waals surface area contributed by atoms with E-state index in [0.717, 1.165) is 0 Å². The van der Waals surface area contributed by atoms with Crippen LogP contribution in [0, 0.1) is 6.92 Å². The molecule has 0 aliphatic heterocycles. The molecular weight excluding hydrogens is 316 g/mol. The van der Waals surface area contributed by atoms with Gasteiger partial charge in [-0.3, -0.25) is 4.79 Å². The number of aryl methyl sites for hydroxylation is 1. The van der Waals surface area contributed by atoms with Crippen molar-refractivity contribution in [3.8, 4) is 0 Å². The SMILES string of the molecule is CCNC(=O)c1oc2ccc(S(=O)(=O)N(CC)CC)cc2c1C. The zero-order valence-electron chi connectivity index (χ0n) is 13.8. The van der Waals surface area contributed by atoms with Gasteiger partial charge in [-0.15, -0.1) is 0 Å².